The molecule has 7 nitrogen and oxygen atoms in total. The van der Waals surface area contributed by atoms with Crippen LogP contribution in [-0.2, 0) is 19.1 Å². The highest BCUT2D eigenvalue weighted by Gasteiger charge is 2.61. The Morgan fingerprint density at radius 1 is 1.12 bits per heavy atom. The lowest BCUT2D eigenvalue weighted by molar-refractivity contribution is -0.149. The Kier molecular flexibility index (Phi) is 8.08. The zero-order chi connectivity index (χ0) is 24.7. The van der Waals surface area contributed by atoms with E-state index in [-0.39, 0.29) is 11.3 Å². The lowest BCUT2D eigenvalue weighted by Gasteiger charge is -2.13. The van der Waals surface area contributed by atoms with Gasteiger partial charge in [0, 0.05) is 18.2 Å². The molecule has 1 fully saturated rings. The van der Waals surface area contributed by atoms with Crippen molar-refractivity contribution >= 4 is 11.9 Å². The molecule has 1 unspecified atom stereocenters. The van der Waals surface area contributed by atoms with Crippen molar-refractivity contribution in [2.45, 2.75) is 20.0 Å². The van der Waals surface area contributed by atoms with Crippen LogP contribution in [0.15, 0.2) is 66.7 Å². The molecule has 0 N–H and O–H groups in total. The van der Waals surface area contributed by atoms with Crippen LogP contribution in [0.2, 0.25) is 0 Å². The molecular formula is C27H30N2O5. The van der Waals surface area contributed by atoms with Crippen LogP contribution >= 0.6 is 0 Å². The van der Waals surface area contributed by atoms with Gasteiger partial charge in [0.05, 0.1) is 5.92 Å². The molecule has 2 aromatic rings. The lowest BCUT2D eigenvalue weighted by Crippen LogP contribution is -2.19. The van der Waals surface area contributed by atoms with Crippen molar-refractivity contribution in [3.63, 3.8) is 0 Å². The van der Waals surface area contributed by atoms with E-state index in [1.54, 1.807) is 30.3 Å². The van der Waals surface area contributed by atoms with Crippen LogP contribution in [0.25, 0.3) is 0 Å². The molecule has 0 radical (unpaired) electrons. The summed E-state index contributed by atoms with van der Waals surface area (Å²) in [6.07, 6.45) is 1.99. The van der Waals surface area contributed by atoms with Gasteiger partial charge in [-0.2, -0.15) is 5.26 Å². The number of rotatable bonds is 10. The van der Waals surface area contributed by atoms with Gasteiger partial charge in [-0.15, -0.1) is 0 Å². The average molecular weight is 463 g/mol. The molecule has 3 atom stereocenters. The fourth-order valence-corrected chi connectivity index (χ4v) is 3.77. The van der Waals surface area contributed by atoms with E-state index in [4.69, 9.17) is 14.2 Å². The first kappa shape index (κ1) is 25.0. The van der Waals surface area contributed by atoms with Crippen LogP contribution < -0.4 is 4.74 Å². The van der Waals surface area contributed by atoms with E-state index in [2.05, 4.69) is 6.07 Å². The maximum atomic E-state index is 12.9. The van der Waals surface area contributed by atoms with Gasteiger partial charge in [-0.05, 0) is 49.7 Å². The Morgan fingerprint density at radius 2 is 1.82 bits per heavy atom. The summed E-state index contributed by atoms with van der Waals surface area (Å²) in [5, 5.41) is 9.66. The van der Waals surface area contributed by atoms with Crippen LogP contribution in [0.4, 0.5) is 0 Å². The SMILES string of the molecule is CN(C)CCOC(=O)C=C[C@H]1[C@@H](C(=O)OC(C#N)c2cccc(Oc3ccccc3)c2)C1(C)C. The molecule has 1 saturated carbocycles. The molecule has 34 heavy (non-hydrogen) atoms. The highest BCUT2D eigenvalue weighted by atomic mass is 16.5. The molecule has 0 heterocycles. The number of benzene rings is 2. The van der Waals surface area contributed by atoms with Gasteiger partial charge in [-0.1, -0.05) is 50.3 Å². The zero-order valence-electron chi connectivity index (χ0n) is 19.9. The summed E-state index contributed by atoms with van der Waals surface area (Å²) in [4.78, 5) is 26.7. The number of nitriles is 1. The second-order valence-corrected chi connectivity index (χ2v) is 9.09. The van der Waals surface area contributed by atoms with E-state index in [1.807, 2.05) is 63.2 Å². The summed E-state index contributed by atoms with van der Waals surface area (Å²) in [6, 6.07) is 18.3. The van der Waals surface area contributed by atoms with E-state index >= 15 is 0 Å². The van der Waals surface area contributed by atoms with Gasteiger partial charge in [0.25, 0.3) is 0 Å². The average Bonchev–Trinajstić information content (AvgIpc) is 3.36. The molecule has 0 amide bonds. The normalized spacial score (nSPS) is 19.3. The Bertz CT molecular complexity index is 1070. The number of ether oxygens (including phenoxy) is 3. The minimum Gasteiger partial charge on any atom is -0.461 e. The van der Waals surface area contributed by atoms with Gasteiger partial charge in [0.1, 0.15) is 24.2 Å². The number of para-hydroxylation sites is 1. The van der Waals surface area contributed by atoms with Crippen LogP contribution in [-0.4, -0.2) is 44.1 Å². The third kappa shape index (κ3) is 6.46. The van der Waals surface area contributed by atoms with Crippen molar-refractivity contribution in [3.05, 3.63) is 72.3 Å². The second-order valence-electron chi connectivity index (χ2n) is 9.09. The van der Waals surface area contributed by atoms with E-state index in [0.717, 1.165) is 0 Å². The summed E-state index contributed by atoms with van der Waals surface area (Å²) in [5.74, 6) is -0.324. The number of likely N-dealkylation sites (N-methyl/N-ethyl adjacent to an activating group) is 1. The monoisotopic (exact) mass is 462 g/mol. The number of esters is 2. The minimum absolute atomic E-state index is 0.173. The third-order valence-corrected chi connectivity index (χ3v) is 5.88. The molecule has 178 valence electrons. The van der Waals surface area contributed by atoms with E-state index < -0.39 is 24.0 Å². The number of carbonyl (C=O) groups excluding carboxylic acids is 2. The number of hydrogen-bond donors (Lipinski definition) is 0. The van der Waals surface area contributed by atoms with Gasteiger partial charge in [0.2, 0.25) is 6.10 Å². The number of allylic oxidation sites excluding steroid dienone is 1. The lowest BCUT2D eigenvalue weighted by atomic mass is 10.1. The molecule has 0 aromatic heterocycles. The van der Waals surface area contributed by atoms with Gasteiger partial charge in [0.15, 0.2) is 0 Å². The number of nitrogens with zero attached hydrogens (tertiary/aromatic N) is 2. The van der Waals surface area contributed by atoms with Crippen molar-refractivity contribution in [2.24, 2.45) is 17.3 Å². The highest BCUT2D eigenvalue weighted by Crippen LogP contribution is 2.59. The summed E-state index contributed by atoms with van der Waals surface area (Å²) in [6.45, 7) is 4.80. The highest BCUT2D eigenvalue weighted by molar-refractivity contribution is 5.83. The van der Waals surface area contributed by atoms with E-state index in [9.17, 15) is 14.9 Å². The molecule has 0 aliphatic heterocycles. The fraction of sp³-hybridized carbons (Fsp3) is 0.370. The van der Waals surface area contributed by atoms with Crippen molar-refractivity contribution in [3.8, 4) is 17.6 Å². The summed E-state index contributed by atoms with van der Waals surface area (Å²) < 4.78 is 16.5. The first-order chi connectivity index (χ1) is 16.2. The summed E-state index contributed by atoms with van der Waals surface area (Å²) in [7, 11) is 3.79. The van der Waals surface area contributed by atoms with E-state index in [0.29, 0.717) is 30.2 Å². The molecule has 1 aliphatic rings. The predicted octanol–water partition coefficient (Wildman–Crippen LogP) is 4.52. The van der Waals surface area contributed by atoms with Crippen LogP contribution in [0.1, 0.15) is 25.5 Å². The van der Waals surface area contributed by atoms with E-state index in [1.165, 1.54) is 6.08 Å². The van der Waals surface area contributed by atoms with Crippen molar-refractivity contribution in [1.29, 1.82) is 5.26 Å². The smallest absolute Gasteiger partial charge is 0.330 e. The Labute approximate surface area is 200 Å². The Balaban J connectivity index is 1.60. The first-order valence-electron chi connectivity index (χ1n) is 11.1. The Morgan fingerprint density at radius 3 is 2.50 bits per heavy atom. The quantitative estimate of drug-likeness (QED) is 0.379. The number of hydrogen-bond acceptors (Lipinski definition) is 7. The molecule has 0 spiro atoms. The van der Waals surface area contributed by atoms with Gasteiger partial charge >= 0.3 is 11.9 Å². The third-order valence-electron chi connectivity index (χ3n) is 5.88. The van der Waals surface area contributed by atoms with Crippen molar-refractivity contribution in [2.75, 3.05) is 27.2 Å². The largest absolute Gasteiger partial charge is 0.461 e. The van der Waals surface area contributed by atoms with Crippen LogP contribution in [0.5, 0.6) is 11.5 Å². The zero-order valence-corrected chi connectivity index (χ0v) is 19.9. The van der Waals surface area contributed by atoms with Crippen molar-refractivity contribution in [1.82, 2.24) is 4.90 Å². The van der Waals surface area contributed by atoms with Crippen molar-refractivity contribution < 1.29 is 23.8 Å². The molecule has 2 aromatic carbocycles. The van der Waals surface area contributed by atoms with Gasteiger partial charge in [-0.25, -0.2) is 4.79 Å². The van der Waals surface area contributed by atoms with Gasteiger partial charge in [-0.3, -0.25) is 4.79 Å². The van der Waals surface area contributed by atoms with Crippen LogP contribution in [0, 0.1) is 28.6 Å². The fourth-order valence-electron chi connectivity index (χ4n) is 3.77. The molecule has 1 aliphatic carbocycles. The van der Waals surface area contributed by atoms with Gasteiger partial charge < -0.3 is 19.1 Å². The maximum absolute atomic E-state index is 12.9. The molecular weight excluding hydrogens is 432 g/mol. The molecule has 3 rings (SSSR count). The number of carbonyl (C=O) groups is 2. The standard InChI is InChI=1S/C27H30N2O5/c1-27(2)22(13-14-24(30)32-16-15-29(3)4)25(27)26(31)34-23(18-28)19-9-8-12-21(17-19)33-20-10-6-5-7-11-20/h5-14,17,22-23,25H,15-16H2,1-4H3/t22-,23?,25-/m0/s1. The summed E-state index contributed by atoms with van der Waals surface area (Å²) in [5.41, 5.74) is 0.148. The maximum Gasteiger partial charge on any atom is 0.330 e. The Hall–Kier alpha value is -3.63. The van der Waals surface area contributed by atoms with Crippen LogP contribution in [0.3, 0.4) is 0 Å². The second kappa shape index (κ2) is 11.0. The predicted molar refractivity (Wildman–Crippen MR) is 127 cm³/mol. The molecule has 0 bridgehead atoms. The first-order valence-corrected chi connectivity index (χ1v) is 11.1. The molecule has 0 saturated heterocycles. The molecule has 7 heteroatoms. The topological polar surface area (TPSA) is 88.9 Å². The minimum atomic E-state index is -1.07. The summed E-state index contributed by atoms with van der Waals surface area (Å²) >= 11 is 0.